The van der Waals surface area contributed by atoms with Gasteiger partial charge in [0, 0.05) is 11.1 Å². The number of carbonyl (C=O) groups is 1. The van der Waals surface area contributed by atoms with Crippen molar-refractivity contribution in [3.63, 3.8) is 0 Å². The molecule has 0 saturated heterocycles. The Morgan fingerprint density at radius 3 is 2.93 bits per heavy atom. The van der Waals surface area contributed by atoms with Crippen molar-refractivity contribution in [3.8, 4) is 0 Å². The van der Waals surface area contributed by atoms with Crippen LogP contribution in [-0.4, -0.2) is 16.1 Å². The quantitative estimate of drug-likeness (QED) is 0.729. The van der Waals surface area contributed by atoms with E-state index in [1.165, 1.54) is 41.9 Å². The van der Waals surface area contributed by atoms with E-state index in [-0.39, 0.29) is 6.42 Å². The van der Waals surface area contributed by atoms with Gasteiger partial charge in [-0.3, -0.25) is 4.79 Å². The highest BCUT2D eigenvalue weighted by atomic mass is 32.1. The molecule has 0 amide bonds. The molecule has 0 saturated carbocycles. The van der Waals surface area contributed by atoms with Crippen LogP contribution in [0.5, 0.6) is 0 Å². The van der Waals surface area contributed by atoms with Crippen molar-refractivity contribution in [2.75, 3.05) is 0 Å². The van der Waals surface area contributed by atoms with Gasteiger partial charge in [-0.1, -0.05) is 26.2 Å². The number of carboxylic acids is 1. The Hall–Kier alpha value is -0.900. The number of carboxylic acid groups (broad SMARTS) is 1. The third-order valence-corrected chi connectivity index (χ3v) is 3.24. The van der Waals surface area contributed by atoms with E-state index in [1.54, 1.807) is 0 Å². The first kappa shape index (κ1) is 12.2. The van der Waals surface area contributed by atoms with Crippen molar-refractivity contribution in [1.82, 2.24) is 4.98 Å². The van der Waals surface area contributed by atoms with Crippen LogP contribution in [0.1, 0.15) is 42.5 Å². The number of aryl methyl sites for hydroxylation is 1. The fourth-order valence-corrected chi connectivity index (χ4v) is 2.36. The monoisotopic (exact) mass is 227 g/mol. The molecule has 0 aliphatic carbocycles. The molecule has 0 radical (unpaired) electrons. The minimum Gasteiger partial charge on any atom is -0.481 e. The van der Waals surface area contributed by atoms with E-state index in [0.29, 0.717) is 5.01 Å². The fraction of sp³-hybridized carbons (Fsp3) is 0.636. The molecule has 0 atom stereocenters. The van der Waals surface area contributed by atoms with Crippen LogP contribution in [0.25, 0.3) is 0 Å². The van der Waals surface area contributed by atoms with Crippen LogP contribution in [0.4, 0.5) is 0 Å². The minimum absolute atomic E-state index is 0.0552. The first-order chi connectivity index (χ1) is 7.22. The average molecular weight is 227 g/mol. The summed E-state index contributed by atoms with van der Waals surface area (Å²) < 4.78 is 0. The first-order valence-electron chi connectivity index (χ1n) is 5.37. The van der Waals surface area contributed by atoms with Crippen molar-refractivity contribution >= 4 is 17.3 Å². The van der Waals surface area contributed by atoms with E-state index in [1.807, 2.05) is 6.20 Å². The number of unbranched alkanes of at least 4 members (excludes halogenated alkanes) is 3. The molecule has 1 N–H and O–H groups in total. The smallest absolute Gasteiger partial charge is 0.310 e. The molecule has 1 heterocycles. The van der Waals surface area contributed by atoms with Gasteiger partial charge in [-0.05, 0) is 12.8 Å². The normalized spacial score (nSPS) is 10.5. The van der Waals surface area contributed by atoms with Gasteiger partial charge in [0.2, 0.25) is 0 Å². The van der Waals surface area contributed by atoms with Crippen molar-refractivity contribution in [1.29, 1.82) is 0 Å². The Morgan fingerprint density at radius 2 is 2.27 bits per heavy atom. The molecule has 1 aromatic heterocycles. The summed E-state index contributed by atoms with van der Waals surface area (Å²) in [5.41, 5.74) is 0. The second kappa shape index (κ2) is 6.56. The third-order valence-electron chi connectivity index (χ3n) is 2.18. The lowest BCUT2D eigenvalue weighted by Crippen LogP contribution is -1.98. The van der Waals surface area contributed by atoms with Crippen LogP contribution in [0.2, 0.25) is 0 Å². The SMILES string of the molecule is CCCCCCc1cnc(CC(=O)O)s1. The molecule has 1 rings (SSSR count). The standard InChI is InChI=1S/C11H17NO2S/c1-2-3-4-5-6-9-8-12-10(15-9)7-11(13)14/h8H,2-7H2,1H3,(H,13,14). The largest absolute Gasteiger partial charge is 0.481 e. The van der Waals surface area contributed by atoms with Gasteiger partial charge >= 0.3 is 5.97 Å². The number of nitrogens with zero attached hydrogens (tertiary/aromatic N) is 1. The lowest BCUT2D eigenvalue weighted by Gasteiger charge is -1.95. The summed E-state index contributed by atoms with van der Waals surface area (Å²) in [6, 6.07) is 0. The highest BCUT2D eigenvalue weighted by Crippen LogP contribution is 2.16. The van der Waals surface area contributed by atoms with Gasteiger partial charge in [-0.25, -0.2) is 4.98 Å². The Kier molecular flexibility index (Phi) is 5.32. The highest BCUT2D eigenvalue weighted by molar-refractivity contribution is 7.11. The minimum atomic E-state index is -0.804. The van der Waals surface area contributed by atoms with Gasteiger partial charge in [-0.15, -0.1) is 11.3 Å². The molecule has 0 bridgehead atoms. The van der Waals surface area contributed by atoms with Crippen LogP contribution < -0.4 is 0 Å². The second-order valence-corrected chi connectivity index (χ2v) is 4.80. The van der Waals surface area contributed by atoms with Gasteiger partial charge in [-0.2, -0.15) is 0 Å². The average Bonchev–Trinajstić information content (AvgIpc) is 2.59. The summed E-state index contributed by atoms with van der Waals surface area (Å²) in [7, 11) is 0. The summed E-state index contributed by atoms with van der Waals surface area (Å²) in [5.74, 6) is -0.804. The predicted octanol–water partition coefficient (Wildman–Crippen LogP) is 2.89. The number of aliphatic carboxylic acids is 1. The molecule has 0 fully saturated rings. The summed E-state index contributed by atoms with van der Waals surface area (Å²) in [6.45, 7) is 2.19. The molecular formula is C11H17NO2S. The number of rotatable bonds is 7. The number of thiazole rings is 1. The van der Waals surface area contributed by atoms with Gasteiger partial charge in [0.15, 0.2) is 0 Å². The number of hydrogen-bond donors (Lipinski definition) is 1. The van der Waals surface area contributed by atoms with Crippen LogP contribution in [0, 0.1) is 0 Å². The molecule has 15 heavy (non-hydrogen) atoms. The second-order valence-electron chi connectivity index (χ2n) is 3.60. The van der Waals surface area contributed by atoms with Gasteiger partial charge in [0.25, 0.3) is 0 Å². The highest BCUT2D eigenvalue weighted by Gasteiger charge is 2.05. The van der Waals surface area contributed by atoms with Gasteiger partial charge < -0.3 is 5.11 Å². The fourth-order valence-electron chi connectivity index (χ4n) is 1.40. The molecule has 84 valence electrons. The molecule has 3 nitrogen and oxygen atoms in total. The van der Waals surface area contributed by atoms with E-state index >= 15 is 0 Å². The zero-order chi connectivity index (χ0) is 11.1. The van der Waals surface area contributed by atoms with E-state index in [2.05, 4.69) is 11.9 Å². The van der Waals surface area contributed by atoms with E-state index < -0.39 is 5.97 Å². The Morgan fingerprint density at radius 1 is 1.47 bits per heavy atom. The Labute approximate surface area is 94.2 Å². The maximum absolute atomic E-state index is 10.4. The summed E-state index contributed by atoms with van der Waals surface area (Å²) >= 11 is 1.53. The Balaban J connectivity index is 2.29. The van der Waals surface area contributed by atoms with E-state index in [4.69, 9.17) is 5.11 Å². The van der Waals surface area contributed by atoms with Crippen molar-refractivity contribution < 1.29 is 9.90 Å². The van der Waals surface area contributed by atoms with Crippen LogP contribution in [0.3, 0.4) is 0 Å². The van der Waals surface area contributed by atoms with E-state index in [0.717, 1.165) is 6.42 Å². The molecular weight excluding hydrogens is 210 g/mol. The van der Waals surface area contributed by atoms with E-state index in [9.17, 15) is 4.79 Å². The summed E-state index contributed by atoms with van der Waals surface area (Å²) in [4.78, 5) is 15.7. The number of aromatic nitrogens is 1. The lowest BCUT2D eigenvalue weighted by atomic mass is 10.1. The number of hydrogen-bond acceptors (Lipinski definition) is 3. The summed E-state index contributed by atoms with van der Waals surface area (Å²) in [5, 5.41) is 9.30. The topological polar surface area (TPSA) is 50.2 Å². The van der Waals surface area contributed by atoms with Crippen LogP contribution in [0.15, 0.2) is 6.20 Å². The van der Waals surface area contributed by atoms with Crippen LogP contribution >= 0.6 is 11.3 Å². The van der Waals surface area contributed by atoms with Crippen molar-refractivity contribution in [2.24, 2.45) is 0 Å². The molecule has 0 aliphatic rings. The maximum Gasteiger partial charge on any atom is 0.310 e. The van der Waals surface area contributed by atoms with Gasteiger partial charge in [0.1, 0.15) is 5.01 Å². The zero-order valence-corrected chi connectivity index (χ0v) is 9.85. The van der Waals surface area contributed by atoms with Crippen molar-refractivity contribution in [2.45, 2.75) is 45.4 Å². The van der Waals surface area contributed by atoms with Crippen LogP contribution in [-0.2, 0) is 17.6 Å². The molecule has 0 unspecified atom stereocenters. The molecule has 0 aromatic carbocycles. The molecule has 0 aliphatic heterocycles. The summed E-state index contributed by atoms with van der Waals surface area (Å²) in [6.07, 6.45) is 7.87. The Bertz CT molecular complexity index is 309. The zero-order valence-electron chi connectivity index (χ0n) is 9.03. The first-order valence-corrected chi connectivity index (χ1v) is 6.19. The maximum atomic E-state index is 10.4. The lowest BCUT2D eigenvalue weighted by molar-refractivity contribution is -0.136. The molecule has 1 aromatic rings. The van der Waals surface area contributed by atoms with Gasteiger partial charge in [0.05, 0.1) is 6.42 Å². The third kappa shape index (κ3) is 4.93. The molecule has 4 heteroatoms. The van der Waals surface area contributed by atoms with Crippen molar-refractivity contribution in [3.05, 3.63) is 16.1 Å². The molecule has 0 spiro atoms. The predicted molar refractivity (Wildman–Crippen MR) is 61.3 cm³/mol.